The minimum Gasteiger partial charge on any atom is -0.331 e. The first-order valence-corrected chi connectivity index (χ1v) is 8.53. The molecule has 0 atom stereocenters. The van der Waals surface area contributed by atoms with Crippen LogP contribution in [-0.2, 0) is 6.54 Å². The highest BCUT2D eigenvalue weighted by Crippen LogP contribution is 2.15. The first-order valence-electron chi connectivity index (χ1n) is 8.53. The van der Waals surface area contributed by atoms with Crippen LogP contribution in [0.25, 0.3) is 5.69 Å². The molecule has 1 aliphatic heterocycles. The van der Waals surface area contributed by atoms with Gasteiger partial charge in [-0.3, -0.25) is 9.59 Å². The minimum atomic E-state index is -0.179. The molecule has 0 aromatic carbocycles. The molecule has 0 fully saturated rings. The molecule has 1 amide bonds. The van der Waals surface area contributed by atoms with Crippen LogP contribution < -0.4 is 5.56 Å². The summed E-state index contributed by atoms with van der Waals surface area (Å²) < 4.78 is 3.24. The average molecular weight is 350 g/mol. The maximum absolute atomic E-state index is 12.8. The second kappa shape index (κ2) is 7.39. The Labute approximate surface area is 152 Å². The Morgan fingerprint density at radius 2 is 2.12 bits per heavy atom. The molecule has 3 heterocycles. The molecule has 0 saturated heterocycles. The molecule has 2 aromatic rings. The van der Waals surface area contributed by atoms with Crippen molar-refractivity contribution in [2.45, 2.75) is 20.4 Å². The zero-order valence-corrected chi connectivity index (χ0v) is 15.1. The number of aryl methyl sites for hydroxylation is 1. The minimum absolute atomic E-state index is 0.144. The zero-order valence-electron chi connectivity index (χ0n) is 15.1. The van der Waals surface area contributed by atoms with E-state index in [4.69, 9.17) is 0 Å². The summed E-state index contributed by atoms with van der Waals surface area (Å²) in [5.41, 5.74) is 2.52. The summed E-state index contributed by atoms with van der Waals surface area (Å²) in [6, 6.07) is 3.39. The summed E-state index contributed by atoms with van der Waals surface area (Å²) >= 11 is 0. The number of nitrogens with zero attached hydrogens (tertiary/aromatic N) is 4. The molecule has 0 saturated carbocycles. The maximum atomic E-state index is 12.8. The fourth-order valence-electron chi connectivity index (χ4n) is 2.99. The highest BCUT2D eigenvalue weighted by atomic mass is 16.2. The number of carbonyl (C=O) groups is 1. The third kappa shape index (κ3) is 3.31. The molecule has 26 heavy (non-hydrogen) atoms. The number of aromatic nitrogens is 3. The number of hydrogen-bond donors (Lipinski definition) is 0. The van der Waals surface area contributed by atoms with Gasteiger partial charge in [0, 0.05) is 25.8 Å². The maximum Gasteiger partial charge on any atom is 0.275 e. The van der Waals surface area contributed by atoms with Crippen LogP contribution in [-0.4, -0.2) is 38.0 Å². The van der Waals surface area contributed by atoms with Gasteiger partial charge in [0.15, 0.2) is 0 Å². The molecule has 0 bridgehead atoms. The van der Waals surface area contributed by atoms with Crippen LogP contribution in [0, 0.1) is 6.92 Å². The lowest BCUT2D eigenvalue weighted by molar-refractivity contribution is 0.0718. The van der Waals surface area contributed by atoms with Crippen molar-refractivity contribution in [2.24, 2.45) is 0 Å². The SMILES string of the molecule is C=C/C(=C\C=C/C)CN1CCn2c(ccc(-n3cnc(C)c3)c2=O)C1=O. The standard InChI is InChI=1S/C20H22N4O2/c1-4-6-7-16(5-2)13-22-10-11-24-18(19(22)25)9-8-17(20(24)26)23-12-15(3)21-14-23/h4-9,12,14H,2,10-11,13H2,1,3H3/b6-4-,16-7+. The van der Waals surface area contributed by atoms with Gasteiger partial charge in [-0.05, 0) is 31.6 Å². The van der Waals surface area contributed by atoms with Crippen molar-refractivity contribution < 1.29 is 4.79 Å². The van der Waals surface area contributed by atoms with E-state index in [9.17, 15) is 9.59 Å². The third-order valence-electron chi connectivity index (χ3n) is 4.38. The van der Waals surface area contributed by atoms with Crippen LogP contribution in [0.1, 0.15) is 23.1 Å². The molecule has 0 spiro atoms. The van der Waals surface area contributed by atoms with Crippen LogP contribution in [0.5, 0.6) is 0 Å². The van der Waals surface area contributed by atoms with E-state index in [2.05, 4.69) is 11.6 Å². The molecule has 0 N–H and O–H groups in total. The molecule has 3 rings (SSSR count). The Morgan fingerprint density at radius 1 is 1.31 bits per heavy atom. The summed E-state index contributed by atoms with van der Waals surface area (Å²) in [6.07, 6.45) is 10.9. The first-order chi connectivity index (χ1) is 12.5. The van der Waals surface area contributed by atoms with Gasteiger partial charge in [-0.2, -0.15) is 0 Å². The number of amides is 1. The van der Waals surface area contributed by atoms with Crippen molar-refractivity contribution >= 4 is 5.91 Å². The Hall–Kier alpha value is -3.15. The Kier molecular flexibility index (Phi) is 5.02. The Bertz CT molecular complexity index is 962. The van der Waals surface area contributed by atoms with Crippen LogP contribution in [0.15, 0.2) is 65.9 Å². The summed E-state index contributed by atoms with van der Waals surface area (Å²) in [5, 5.41) is 0. The van der Waals surface area contributed by atoms with Gasteiger partial charge < -0.3 is 14.0 Å². The van der Waals surface area contributed by atoms with E-state index in [1.807, 2.05) is 32.1 Å². The summed E-state index contributed by atoms with van der Waals surface area (Å²) in [4.78, 5) is 31.5. The molecular weight excluding hydrogens is 328 g/mol. The monoisotopic (exact) mass is 350 g/mol. The fourth-order valence-corrected chi connectivity index (χ4v) is 2.99. The third-order valence-corrected chi connectivity index (χ3v) is 4.38. The lowest BCUT2D eigenvalue weighted by Crippen LogP contribution is -2.45. The molecular formula is C20H22N4O2. The first kappa shape index (κ1) is 17.7. The Morgan fingerprint density at radius 3 is 2.77 bits per heavy atom. The van der Waals surface area contributed by atoms with E-state index in [0.29, 0.717) is 31.0 Å². The van der Waals surface area contributed by atoms with Gasteiger partial charge in [-0.1, -0.05) is 30.9 Å². The van der Waals surface area contributed by atoms with Crippen LogP contribution in [0.2, 0.25) is 0 Å². The second-order valence-corrected chi connectivity index (χ2v) is 6.18. The number of hydrogen-bond acceptors (Lipinski definition) is 3. The molecule has 2 aromatic heterocycles. The fraction of sp³-hybridized carbons (Fsp3) is 0.250. The smallest absolute Gasteiger partial charge is 0.275 e. The number of carbonyl (C=O) groups excluding carboxylic acids is 1. The van der Waals surface area contributed by atoms with Gasteiger partial charge in [0.1, 0.15) is 11.4 Å². The second-order valence-electron chi connectivity index (χ2n) is 6.18. The largest absolute Gasteiger partial charge is 0.331 e. The van der Waals surface area contributed by atoms with Gasteiger partial charge in [0.2, 0.25) is 0 Å². The summed E-state index contributed by atoms with van der Waals surface area (Å²) in [6.45, 7) is 9.04. The lowest BCUT2D eigenvalue weighted by atomic mass is 10.1. The number of fused-ring (bicyclic) bond motifs is 1. The van der Waals surface area contributed by atoms with Gasteiger partial charge in [0.25, 0.3) is 11.5 Å². The quantitative estimate of drug-likeness (QED) is 0.779. The zero-order chi connectivity index (χ0) is 18.7. The van der Waals surface area contributed by atoms with E-state index < -0.39 is 0 Å². The van der Waals surface area contributed by atoms with E-state index in [0.717, 1.165) is 11.3 Å². The van der Waals surface area contributed by atoms with Crippen molar-refractivity contribution in [3.8, 4) is 5.69 Å². The molecule has 0 aliphatic carbocycles. The van der Waals surface area contributed by atoms with Crippen LogP contribution >= 0.6 is 0 Å². The molecule has 6 nitrogen and oxygen atoms in total. The van der Waals surface area contributed by atoms with Crippen LogP contribution in [0.3, 0.4) is 0 Å². The van der Waals surface area contributed by atoms with Gasteiger partial charge in [0.05, 0.1) is 12.0 Å². The Balaban J connectivity index is 1.91. The molecule has 1 aliphatic rings. The van der Waals surface area contributed by atoms with Crippen molar-refractivity contribution in [2.75, 3.05) is 13.1 Å². The number of allylic oxidation sites excluding steroid dienone is 3. The van der Waals surface area contributed by atoms with Crippen molar-refractivity contribution in [3.05, 3.63) is 82.9 Å². The molecule has 6 heteroatoms. The van der Waals surface area contributed by atoms with E-state index in [1.54, 1.807) is 44.8 Å². The van der Waals surface area contributed by atoms with Crippen molar-refractivity contribution in [1.29, 1.82) is 0 Å². The van der Waals surface area contributed by atoms with E-state index >= 15 is 0 Å². The summed E-state index contributed by atoms with van der Waals surface area (Å²) in [7, 11) is 0. The van der Waals surface area contributed by atoms with Gasteiger partial charge >= 0.3 is 0 Å². The van der Waals surface area contributed by atoms with E-state index in [-0.39, 0.29) is 11.5 Å². The highest BCUT2D eigenvalue weighted by molar-refractivity contribution is 5.93. The van der Waals surface area contributed by atoms with Crippen LogP contribution in [0.4, 0.5) is 0 Å². The summed E-state index contributed by atoms with van der Waals surface area (Å²) in [5.74, 6) is -0.144. The number of imidazole rings is 1. The average Bonchev–Trinajstić information content (AvgIpc) is 3.07. The van der Waals surface area contributed by atoms with Gasteiger partial charge in [-0.25, -0.2) is 4.98 Å². The molecule has 0 radical (unpaired) electrons. The predicted octanol–water partition coefficient (Wildman–Crippen LogP) is 2.49. The van der Waals surface area contributed by atoms with Crippen molar-refractivity contribution in [1.82, 2.24) is 19.0 Å². The topological polar surface area (TPSA) is 60.1 Å². The molecule has 134 valence electrons. The van der Waals surface area contributed by atoms with E-state index in [1.165, 1.54) is 0 Å². The number of rotatable bonds is 5. The normalized spacial score (nSPS) is 14.8. The molecule has 0 unspecified atom stereocenters. The van der Waals surface area contributed by atoms with Gasteiger partial charge in [-0.15, -0.1) is 0 Å². The lowest BCUT2D eigenvalue weighted by Gasteiger charge is -2.30. The van der Waals surface area contributed by atoms with Crippen molar-refractivity contribution in [3.63, 3.8) is 0 Å². The number of pyridine rings is 1. The highest BCUT2D eigenvalue weighted by Gasteiger charge is 2.26. The predicted molar refractivity (Wildman–Crippen MR) is 102 cm³/mol.